The van der Waals surface area contributed by atoms with Crippen molar-refractivity contribution in [1.29, 1.82) is 0 Å². The number of aryl methyl sites for hydroxylation is 1. The number of rotatable bonds is 5. The van der Waals surface area contributed by atoms with Crippen LogP contribution in [-0.4, -0.2) is 19.6 Å². The number of amides is 1. The van der Waals surface area contributed by atoms with E-state index in [0.29, 0.717) is 11.1 Å². The van der Waals surface area contributed by atoms with E-state index in [1.54, 1.807) is 31.2 Å². The maximum Gasteiger partial charge on any atom is 0.251 e. The minimum atomic E-state index is -0.927. The molecule has 0 aliphatic heterocycles. The number of halogens is 1. The van der Waals surface area contributed by atoms with Gasteiger partial charge in [0, 0.05) is 18.2 Å². The average molecular weight is 301 g/mol. The number of hydrogen-bond donors (Lipinski definition) is 1. The molecule has 1 amide bonds. The molecule has 0 saturated heterocycles. The van der Waals surface area contributed by atoms with Crippen LogP contribution in [-0.2, 0) is 10.3 Å². The molecule has 0 aromatic heterocycles. The quantitative estimate of drug-likeness (QED) is 0.919. The van der Waals surface area contributed by atoms with Crippen LogP contribution in [0.5, 0.6) is 0 Å². The predicted molar refractivity (Wildman–Crippen MR) is 84.3 cm³/mol. The largest absolute Gasteiger partial charge is 0.372 e. The minimum absolute atomic E-state index is 0.178. The van der Waals surface area contributed by atoms with Gasteiger partial charge >= 0.3 is 0 Å². The molecule has 0 bridgehead atoms. The molecule has 0 radical (unpaired) electrons. The van der Waals surface area contributed by atoms with Crippen LogP contribution in [0.2, 0.25) is 0 Å². The van der Waals surface area contributed by atoms with Crippen LogP contribution < -0.4 is 5.32 Å². The van der Waals surface area contributed by atoms with Crippen molar-refractivity contribution in [3.63, 3.8) is 0 Å². The summed E-state index contributed by atoms with van der Waals surface area (Å²) in [5, 5.41) is 2.83. The van der Waals surface area contributed by atoms with Crippen molar-refractivity contribution in [3.05, 3.63) is 71.0 Å². The molecule has 0 fully saturated rings. The van der Waals surface area contributed by atoms with Crippen molar-refractivity contribution < 1.29 is 13.9 Å². The van der Waals surface area contributed by atoms with E-state index in [4.69, 9.17) is 4.74 Å². The van der Waals surface area contributed by atoms with E-state index in [9.17, 15) is 9.18 Å². The second kappa shape index (κ2) is 6.71. The van der Waals surface area contributed by atoms with Crippen LogP contribution in [0.4, 0.5) is 4.39 Å². The number of ether oxygens (including phenoxy) is 1. The molecule has 22 heavy (non-hydrogen) atoms. The Morgan fingerprint density at radius 3 is 2.45 bits per heavy atom. The Bertz CT molecular complexity index is 672. The van der Waals surface area contributed by atoms with Crippen molar-refractivity contribution in [3.8, 4) is 0 Å². The second-order valence-electron chi connectivity index (χ2n) is 5.41. The minimum Gasteiger partial charge on any atom is -0.372 e. The molecule has 0 saturated carbocycles. The normalized spacial score (nSPS) is 13.5. The van der Waals surface area contributed by atoms with Gasteiger partial charge in [0.1, 0.15) is 11.4 Å². The van der Waals surface area contributed by atoms with Gasteiger partial charge in [0.2, 0.25) is 0 Å². The highest BCUT2D eigenvalue weighted by Gasteiger charge is 2.30. The Morgan fingerprint density at radius 2 is 1.82 bits per heavy atom. The molecular formula is C18H20FNO2. The van der Waals surface area contributed by atoms with Gasteiger partial charge in [-0.25, -0.2) is 4.39 Å². The van der Waals surface area contributed by atoms with Gasteiger partial charge in [0.25, 0.3) is 5.91 Å². The Hall–Kier alpha value is -2.20. The van der Waals surface area contributed by atoms with Gasteiger partial charge in [-0.2, -0.15) is 0 Å². The molecule has 2 aromatic carbocycles. The average Bonchev–Trinajstić information content (AvgIpc) is 2.53. The Kier molecular flexibility index (Phi) is 4.93. The lowest BCUT2D eigenvalue weighted by molar-refractivity contribution is 0.000382. The number of methoxy groups -OCH3 is 1. The zero-order chi connectivity index (χ0) is 16.2. The van der Waals surface area contributed by atoms with E-state index in [-0.39, 0.29) is 18.3 Å². The summed E-state index contributed by atoms with van der Waals surface area (Å²) in [7, 11) is 1.51. The number of carbonyl (C=O) groups is 1. The van der Waals surface area contributed by atoms with Gasteiger partial charge < -0.3 is 10.1 Å². The molecule has 0 unspecified atom stereocenters. The molecule has 3 nitrogen and oxygen atoms in total. The van der Waals surface area contributed by atoms with Crippen molar-refractivity contribution in [2.45, 2.75) is 19.4 Å². The van der Waals surface area contributed by atoms with Gasteiger partial charge in [-0.05, 0) is 31.5 Å². The summed E-state index contributed by atoms with van der Waals surface area (Å²) >= 11 is 0. The van der Waals surface area contributed by atoms with Crippen LogP contribution >= 0.6 is 0 Å². The molecular weight excluding hydrogens is 281 g/mol. The van der Waals surface area contributed by atoms with Crippen molar-refractivity contribution in [1.82, 2.24) is 5.32 Å². The summed E-state index contributed by atoms with van der Waals surface area (Å²) in [4.78, 5) is 12.3. The van der Waals surface area contributed by atoms with Crippen molar-refractivity contribution in [2.75, 3.05) is 13.7 Å². The first kappa shape index (κ1) is 16.2. The Balaban J connectivity index is 2.16. The molecule has 0 aliphatic carbocycles. The van der Waals surface area contributed by atoms with E-state index >= 15 is 0 Å². The van der Waals surface area contributed by atoms with Crippen molar-refractivity contribution >= 4 is 5.91 Å². The van der Waals surface area contributed by atoms with E-state index in [2.05, 4.69) is 5.32 Å². The molecule has 2 rings (SSSR count). The highest BCUT2D eigenvalue weighted by atomic mass is 19.1. The third-order valence-electron chi connectivity index (χ3n) is 3.87. The standard InChI is InChI=1S/C18H20FNO2/c1-13-8-4-5-9-14(13)17(21)20-12-18(2,22-3)15-10-6-7-11-16(15)19/h4-11H,12H2,1-3H3,(H,20,21)/t18-/m1/s1. The lowest BCUT2D eigenvalue weighted by atomic mass is 9.94. The van der Waals surface area contributed by atoms with E-state index in [0.717, 1.165) is 5.56 Å². The molecule has 0 spiro atoms. The summed E-state index contributed by atoms with van der Waals surface area (Å²) in [5.41, 5.74) is 0.992. The maximum absolute atomic E-state index is 14.0. The van der Waals surface area contributed by atoms with E-state index < -0.39 is 5.60 Å². The first-order valence-electron chi connectivity index (χ1n) is 7.12. The van der Waals surface area contributed by atoms with Crippen LogP contribution in [0.15, 0.2) is 48.5 Å². The maximum atomic E-state index is 14.0. The zero-order valence-corrected chi connectivity index (χ0v) is 13.0. The van der Waals surface area contributed by atoms with Crippen LogP contribution in [0.25, 0.3) is 0 Å². The first-order valence-corrected chi connectivity index (χ1v) is 7.12. The molecule has 4 heteroatoms. The zero-order valence-electron chi connectivity index (χ0n) is 13.0. The molecule has 2 aromatic rings. The third kappa shape index (κ3) is 3.34. The summed E-state index contributed by atoms with van der Waals surface area (Å²) < 4.78 is 19.5. The number of hydrogen-bond acceptors (Lipinski definition) is 2. The lowest BCUT2D eigenvalue weighted by Gasteiger charge is -2.29. The Labute approximate surface area is 130 Å². The molecule has 1 atom stereocenters. The Morgan fingerprint density at radius 1 is 1.18 bits per heavy atom. The molecule has 0 heterocycles. The number of nitrogens with one attached hydrogen (secondary N) is 1. The van der Waals surface area contributed by atoms with Gasteiger partial charge in [0.05, 0.1) is 6.54 Å². The third-order valence-corrected chi connectivity index (χ3v) is 3.87. The summed E-state index contributed by atoms with van der Waals surface area (Å²) in [6.07, 6.45) is 0. The highest BCUT2D eigenvalue weighted by Crippen LogP contribution is 2.26. The molecule has 1 N–H and O–H groups in total. The summed E-state index contributed by atoms with van der Waals surface area (Å²) in [6.45, 7) is 3.81. The molecule has 116 valence electrons. The van der Waals surface area contributed by atoms with Crippen LogP contribution in [0, 0.1) is 12.7 Å². The molecule has 0 aliphatic rings. The van der Waals surface area contributed by atoms with Gasteiger partial charge in [-0.3, -0.25) is 4.79 Å². The smallest absolute Gasteiger partial charge is 0.251 e. The van der Waals surface area contributed by atoms with Gasteiger partial charge in [-0.15, -0.1) is 0 Å². The lowest BCUT2D eigenvalue weighted by Crippen LogP contribution is -2.40. The predicted octanol–water partition coefficient (Wildman–Crippen LogP) is 3.43. The SMILES string of the molecule is CO[C@](C)(CNC(=O)c1ccccc1C)c1ccccc1F. The fourth-order valence-electron chi connectivity index (χ4n) is 2.34. The summed E-state index contributed by atoms with van der Waals surface area (Å²) in [5.74, 6) is -0.547. The number of carbonyl (C=O) groups excluding carboxylic acids is 1. The van der Waals surface area contributed by atoms with Crippen LogP contribution in [0.1, 0.15) is 28.4 Å². The van der Waals surface area contributed by atoms with Crippen molar-refractivity contribution in [2.24, 2.45) is 0 Å². The second-order valence-corrected chi connectivity index (χ2v) is 5.41. The van der Waals surface area contributed by atoms with Crippen LogP contribution in [0.3, 0.4) is 0 Å². The fourth-order valence-corrected chi connectivity index (χ4v) is 2.34. The van der Waals surface area contributed by atoms with E-state index in [1.165, 1.54) is 13.2 Å². The van der Waals surface area contributed by atoms with Gasteiger partial charge in [-0.1, -0.05) is 36.4 Å². The van der Waals surface area contributed by atoms with Gasteiger partial charge in [0.15, 0.2) is 0 Å². The fraction of sp³-hybridized carbons (Fsp3) is 0.278. The highest BCUT2D eigenvalue weighted by molar-refractivity contribution is 5.95. The monoisotopic (exact) mass is 301 g/mol. The topological polar surface area (TPSA) is 38.3 Å². The van der Waals surface area contributed by atoms with E-state index in [1.807, 2.05) is 25.1 Å². The summed E-state index contributed by atoms with van der Waals surface area (Å²) in [6, 6.07) is 13.8. The number of benzene rings is 2. The first-order chi connectivity index (χ1) is 10.5.